The third-order valence-electron chi connectivity index (χ3n) is 3.21. The highest BCUT2D eigenvalue weighted by Crippen LogP contribution is 2.31. The Hall–Kier alpha value is -2.88. The second kappa shape index (κ2) is 4.66. The van der Waals surface area contributed by atoms with E-state index in [1.807, 2.05) is 6.07 Å². The van der Waals surface area contributed by atoms with Gasteiger partial charge in [0.15, 0.2) is 0 Å². The summed E-state index contributed by atoms with van der Waals surface area (Å²) in [7, 11) is 0. The molecule has 2 N–H and O–H groups in total. The highest BCUT2D eigenvalue weighted by atomic mass is 16.4. The molecule has 4 heteroatoms. The first-order valence-electron chi connectivity index (χ1n) is 6.12. The number of carboxylic acids is 1. The van der Waals surface area contributed by atoms with Gasteiger partial charge in [-0.1, -0.05) is 48.5 Å². The second-order valence-corrected chi connectivity index (χ2v) is 4.42. The van der Waals surface area contributed by atoms with Crippen LogP contribution < -0.4 is 5.32 Å². The van der Waals surface area contributed by atoms with Crippen molar-refractivity contribution in [1.82, 2.24) is 5.32 Å². The standard InChI is InChI=1S/C16H11NO3/c18-15-12-9-5-4-8-11(12)14(17-15)13(16(19)20)10-6-2-1-3-7-10/h1-9H,(H,17,18)(H,19,20)/b14-13+. The van der Waals surface area contributed by atoms with Gasteiger partial charge in [-0.2, -0.15) is 0 Å². The Kier molecular flexibility index (Phi) is 2.84. The van der Waals surface area contributed by atoms with Gasteiger partial charge in [0.25, 0.3) is 5.91 Å². The van der Waals surface area contributed by atoms with E-state index in [-0.39, 0.29) is 11.5 Å². The third-order valence-corrected chi connectivity index (χ3v) is 3.21. The lowest BCUT2D eigenvalue weighted by Gasteiger charge is -2.08. The molecule has 1 heterocycles. The minimum atomic E-state index is -1.07. The SMILES string of the molecule is O=C(O)/C(=C1/NC(=O)c2ccccc21)c1ccccc1. The van der Waals surface area contributed by atoms with Gasteiger partial charge in [0, 0.05) is 11.1 Å². The van der Waals surface area contributed by atoms with E-state index in [0.29, 0.717) is 22.4 Å². The lowest BCUT2D eigenvalue weighted by atomic mass is 9.99. The number of nitrogens with one attached hydrogen (secondary N) is 1. The summed E-state index contributed by atoms with van der Waals surface area (Å²) >= 11 is 0. The lowest BCUT2D eigenvalue weighted by Crippen LogP contribution is -2.15. The van der Waals surface area contributed by atoms with Crippen molar-refractivity contribution in [3.63, 3.8) is 0 Å². The molecule has 0 spiro atoms. The molecular formula is C16H11NO3. The summed E-state index contributed by atoms with van der Waals surface area (Å²) in [6, 6.07) is 15.7. The maximum Gasteiger partial charge on any atom is 0.338 e. The summed E-state index contributed by atoms with van der Waals surface area (Å²) in [4.78, 5) is 23.5. The van der Waals surface area contributed by atoms with Crippen LogP contribution in [0, 0.1) is 0 Å². The number of carbonyl (C=O) groups is 2. The van der Waals surface area contributed by atoms with E-state index in [1.54, 1.807) is 48.5 Å². The van der Waals surface area contributed by atoms with Gasteiger partial charge in [-0.05, 0) is 11.6 Å². The van der Waals surface area contributed by atoms with E-state index >= 15 is 0 Å². The van der Waals surface area contributed by atoms with E-state index in [9.17, 15) is 14.7 Å². The average molecular weight is 265 g/mol. The van der Waals surface area contributed by atoms with Crippen LogP contribution in [0.4, 0.5) is 0 Å². The van der Waals surface area contributed by atoms with Crippen LogP contribution in [0.1, 0.15) is 21.5 Å². The van der Waals surface area contributed by atoms with Crippen molar-refractivity contribution in [3.8, 4) is 0 Å². The van der Waals surface area contributed by atoms with Crippen LogP contribution in [-0.4, -0.2) is 17.0 Å². The molecule has 0 aliphatic carbocycles. The number of fused-ring (bicyclic) bond motifs is 1. The fraction of sp³-hybridized carbons (Fsp3) is 0. The summed E-state index contributed by atoms with van der Waals surface area (Å²) in [6.45, 7) is 0. The molecule has 1 aliphatic rings. The molecule has 0 radical (unpaired) electrons. The van der Waals surface area contributed by atoms with Gasteiger partial charge in [0.1, 0.15) is 0 Å². The molecule has 0 aromatic heterocycles. The van der Waals surface area contributed by atoms with Gasteiger partial charge in [-0.15, -0.1) is 0 Å². The van der Waals surface area contributed by atoms with E-state index in [2.05, 4.69) is 5.32 Å². The van der Waals surface area contributed by atoms with E-state index in [1.165, 1.54) is 0 Å². The number of rotatable bonds is 2. The number of hydrogen-bond donors (Lipinski definition) is 2. The molecule has 3 rings (SSSR count). The summed E-state index contributed by atoms with van der Waals surface area (Å²) in [5.74, 6) is -1.34. The van der Waals surface area contributed by atoms with E-state index in [0.717, 1.165) is 0 Å². The molecule has 2 aromatic rings. The quantitative estimate of drug-likeness (QED) is 0.819. The number of benzene rings is 2. The molecule has 20 heavy (non-hydrogen) atoms. The van der Waals surface area contributed by atoms with Crippen molar-refractivity contribution < 1.29 is 14.7 Å². The predicted molar refractivity (Wildman–Crippen MR) is 74.8 cm³/mol. The molecule has 0 fully saturated rings. The van der Waals surface area contributed by atoms with Gasteiger partial charge in [0.2, 0.25) is 0 Å². The van der Waals surface area contributed by atoms with Crippen molar-refractivity contribution >= 4 is 23.1 Å². The molecule has 0 saturated heterocycles. The first kappa shape index (κ1) is 12.2. The number of aliphatic carboxylic acids is 1. The summed E-state index contributed by atoms with van der Waals surface area (Å²) in [5.41, 5.74) is 2.14. The van der Waals surface area contributed by atoms with Crippen molar-refractivity contribution in [3.05, 3.63) is 71.3 Å². The van der Waals surface area contributed by atoms with Crippen LogP contribution in [-0.2, 0) is 4.79 Å². The number of carboxylic acid groups (broad SMARTS) is 1. The highest BCUT2D eigenvalue weighted by molar-refractivity contribution is 6.28. The van der Waals surface area contributed by atoms with Gasteiger partial charge >= 0.3 is 5.97 Å². The number of hydrogen-bond acceptors (Lipinski definition) is 2. The Labute approximate surface area is 115 Å². The zero-order valence-electron chi connectivity index (χ0n) is 10.5. The fourth-order valence-corrected chi connectivity index (χ4v) is 2.32. The Bertz CT molecular complexity index is 732. The molecule has 98 valence electrons. The largest absolute Gasteiger partial charge is 0.478 e. The Balaban J connectivity index is 2.27. The Morgan fingerprint density at radius 3 is 2.15 bits per heavy atom. The Morgan fingerprint density at radius 1 is 0.900 bits per heavy atom. The van der Waals surface area contributed by atoms with Gasteiger partial charge < -0.3 is 10.4 Å². The molecule has 4 nitrogen and oxygen atoms in total. The zero-order chi connectivity index (χ0) is 14.1. The number of carbonyl (C=O) groups excluding carboxylic acids is 1. The summed E-state index contributed by atoms with van der Waals surface area (Å²) in [5, 5.41) is 12.1. The molecule has 1 amide bonds. The highest BCUT2D eigenvalue weighted by Gasteiger charge is 2.28. The molecule has 0 bridgehead atoms. The maximum absolute atomic E-state index is 11.9. The molecule has 0 unspecified atom stereocenters. The fourth-order valence-electron chi connectivity index (χ4n) is 2.32. The van der Waals surface area contributed by atoms with Gasteiger partial charge in [-0.25, -0.2) is 4.79 Å². The normalized spacial score (nSPS) is 15.5. The topological polar surface area (TPSA) is 66.4 Å². The van der Waals surface area contributed by atoms with Crippen LogP contribution in [0.3, 0.4) is 0 Å². The molecule has 1 aliphatic heterocycles. The van der Waals surface area contributed by atoms with Crippen LogP contribution in [0.2, 0.25) is 0 Å². The van der Waals surface area contributed by atoms with Crippen molar-refractivity contribution in [2.45, 2.75) is 0 Å². The first-order chi connectivity index (χ1) is 9.68. The Morgan fingerprint density at radius 2 is 1.50 bits per heavy atom. The van der Waals surface area contributed by atoms with Gasteiger partial charge in [0.05, 0.1) is 11.3 Å². The van der Waals surface area contributed by atoms with Crippen LogP contribution in [0.5, 0.6) is 0 Å². The summed E-state index contributed by atoms with van der Waals surface area (Å²) in [6.07, 6.45) is 0. The average Bonchev–Trinajstić information content (AvgIpc) is 2.78. The van der Waals surface area contributed by atoms with Crippen molar-refractivity contribution in [2.75, 3.05) is 0 Å². The van der Waals surface area contributed by atoms with Crippen LogP contribution in [0.25, 0.3) is 11.3 Å². The lowest BCUT2D eigenvalue weighted by molar-refractivity contribution is -0.130. The van der Waals surface area contributed by atoms with Crippen LogP contribution >= 0.6 is 0 Å². The molecule has 2 aromatic carbocycles. The minimum Gasteiger partial charge on any atom is -0.478 e. The molecule has 0 atom stereocenters. The maximum atomic E-state index is 11.9. The smallest absolute Gasteiger partial charge is 0.338 e. The van der Waals surface area contributed by atoms with E-state index in [4.69, 9.17) is 0 Å². The van der Waals surface area contributed by atoms with Gasteiger partial charge in [-0.3, -0.25) is 4.79 Å². The third kappa shape index (κ3) is 1.87. The van der Waals surface area contributed by atoms with Crippen molar-refractivity contribution in [2.24, 2.45) is 0 Å². The monoisotopic (exact) mass is 265 g/mol. The molecular weight excluding hydrogens is 254 g/mol. The van der Waals surface area contributed by atoms with Crippen molar-refractivity contribution in [1.29, 1.82) is 0 Å². The number of amides is 1. The predicted octanol–water partition coefficient (Wildman–Crippen LogP) is 2.38. The minimum absolute atomic E-state index is 0.101. The van der Waals surface area contributed by atoms with E-state index < -0.39 is 5.97 Å². The van der Waals surface area contributed by atoms with Crippen LogP contribution in [0.15, 0.2) is 54.6 Å². The second-order valence-electron chi connectivity index (χ2n) is 4.42. The first-order valence-corrected chi connectivity index (χ1v) is 6.12. The summed E-state index contributed by atoms with van der Waals surface area (Å²) < 4.78 is 0. The molecule has 0 saturated carbocycles. The zero-order valence-corrected chi connectivity index (χ0v) is 10.5.